The Balaban J connectivity index is 1.88. The lowest BCUT2D eigenvalue weighted by Crippen LogP contribution is -2.43. The number of phenolic OH excluding ortho intramolecular Hbond substituents is 1. The lowest BCUT2D eigenvalue weighted by atomic mass is 10.1. The van der Waals surface area contributed by atoms with Gasteiger partial charge in [-0.3, -0.25) is 4.79 Å². The second-order valence-electron chi connectivity index (χ2n) is 5.10. The lowest BCUT2D eigenvalue weighted by molar-refractivity contribution is 0.0730. The highest BCUT2D eigenvalue weighted by atomic mass is 32.2. The van der Waals surface area contributed by atoms with E-state index < -0.39 is 15.9 Å². The molecule has 1 aliphatic rings. The molecule has 2 rings (SSSR count). The van der Waals surface area contributed by atoms with Gasteiger partial charge in [0.15, 0.2) is 0 Å². The number of morpholine rings is 1. The summed E-state index contributed by atoms with van der Waals surface area (Å²) < 4.78 is 30.7. The van der Waals surface area contributed by atoms with Crippen molar-refractivity contribution < 1.29 is 23.1 Å². The Morgan fingerprint density at radius 3 is 2.68 bits per heavy atom. The first-order chi connectivity index (χ1) is 10.4. The summed E-state index contributed by atoms with van der Waals surface area (Å²) in [6, 6.07) is 4.70. The zero-order valence-corrected chi connectivity index (χ0v) is 13.2. The number of hydrogen-bond acceptors (Lipinski definition) is 5. The minimum absolute atomic E-state index is 0.00810. The maximum Gasteiger partial charge on any atom is 0.255 e. The summed E-state index contributed by atoms with van der Waals surface area (Å²) in [6.45, 7) is 3.26. The largest absolute Gasteiger partial charge is 0.507 e. The normalized spacial score (nSPS) is 16.4. The van der Waals surface area contributed by atoms with E-state index in [4.69, 9.17) is 4.74 Å². The van der Waals surface area contributed by atoms with Gasteiger partial charge in [-0.2, -0.15) is 4.31 Å². The van der Waals surface area contributed by atoms with Gasteiger partial charge < -0.3 is 15.2 Å². The second kappa shape index (κ2) is 7.08. The van der Waals surface area contributed by atoms with Crippen LogP contribution in [0.25, 0.3) is 0 Å². The van der Waals surface area contributed by atoms with Gasteiger partial charge >= 0.3 is 0 Å². The molecule has 0 saturated carbocycles. The number of sulfonamides is 1. The second-order valence-corrected chi connectivity index (χ2v) is 7.19. The molecule has 1 amide bonds. The van der Waals surface area contributed by atoms with E-state index in [1.165, 1.54) is 16.4 Å². The molecule has 8 heteroatoms. The summed E-state index contributed by atoms with van der Waals surface area (Å²) in [5.41, 5.74) is 0.971. The average molecular weight is 328 g/mol. The molecular formula is C14H20N2O5S. The van der Waals surface area contributed by atoms with Crippen LogP contribution in [-0.2, 0) is 14.8 Å². The van der Waals surface area contributed by atoms with Crippen molar-refractivity contribution in [2.24, 2.45) is 0 Å². The van der Waals surface area contributed by atoms with Crippen molar-refractivity contribution >= 4 is 15.9 Å². The third kappa shape index (κ3) is 4.19. The van der Waals surface area contributed by atoms with E-state index in [0.717, 1.165) is 5.56 Å². The van der Waals surface area contributed by atoms with Gasteiger partial charge in [-0.1, -0.05) is 6.07 Å². The molecule has 1 saturated heterocycles. The number of nitrogens with zero attached hydrogens (tertiary/aromatic N) is 1. The number of ether oxygens (including phenoxy) is 1. The van der Waals surface area contributed by atoms with E-state index in [-0.39, 0.29) is 23.6 Å². The van der Waals surface area contributed by atoms with Crippen molar-refractivity contribution in [2.45, 2.75) is 6.92 Å². The van der Waals surface area contributed by atoms with E-state index in [2.05, 4.69) is 5.32 Å². The minimum Gasteiger partial charge on any atom is -0.507 e. The number of carbonyl (C=O) groups excluding carboxylic acids is 1. The number of amides is 1. The highest BCUT2D eigenvalue weighted by Gasteiger charge is 2.24. The van der Waals surface area contributed by atoms with Gasteiger partial charge in [0.05, 0.1) is 24.5 Å². The van der Waals surface area contributed by atoms with Crippen molar-refractivity contribution in [3.63, 3.8) is 0 Å². The van der Waals surface area contributed by atoms with Crippen molar-refractivity contribution in [1.29, 1.82) is 0 Å². The fraction of sp³-hybridized carbons (Fsp3) is 0.500. The molecule has 1 fully saturated rings. The molecule has 22 heavy (non-hydrogen) atoms. The molecular weight excluding hydrogens is 308 g/mol. The van der Waals surface area contributed by atoms with Crippen molar-refractivity contribution in [2.75, 3.05) is 38.6 Å². The molecule has 1 heterocycles. The Kier molecular flexibility index (Phi) is 5.38. The predicted octanol–water partition coefficient (Wildman–Crippen LogP) is 0.0924. The van der Waals surface area contributed by atoms with Gasteiger partial charge in [0, 0.05) is 19.6 Å². The van der Waals surface area contributed by atoms with Crippen molar-refractivity contribution in [3.05, 3.63) is 29.3 Å². The standard InChI is InChI=1S/C14H20N2O5S/c1-11-2-3-12(13(17)10-11)14(18)15-4-9-22(19,20)16-5-7-21-8-6-16/h2-3,10,17H,4-9H2,1H3,(H,15,18). The number of nitrogens with one attached hydrogen (secondary N) is 1. The average Bonchev–Trinajstić information content (AvgIpc) is 2.47. The first-order valence-corrected chi connectivity index (χ1v) is 8.64. The molecule has 0 aromatic heterocycles. The Bertz CT molecular complexity index is 639. The van der Waals surface area contributed by atoms with Crippen molar-refractivity contribution in [3.8, 4) is 5.75 Å². The molecule has 0 aliphatic carbocycles. The van der Waals surface area contributed by atoms with Crippen LogP contribution in [0.4, 0.5) is 0 Å². The topological polar surface area (TPSA) is 95.9 Å². The quantitative estimate of drug-likeness (QED) is 0.799. The molecule has 7 nitrogen and oxygen atoms in total. The summed E-state index contributed by atoms with van der Waals surface area (Å²) in [4.78, 5) is 11.9. The predicted molar refractivity (Wildman–Crippen MR) is 81.4 cm³/mol. The van der Waals surface area contributed by atoms with Gasteiger partial charge in [0.25, 0.3) is 5.91 Å². The van der Waals surface area contributed by atoms with E-state index in [1.807, 2.05) is 0 Å². The number of hydrogen-bond donors (Lipinski definition) is 2. The van der Waals surface area contributed by atoms with E-state index in [1.54, 1.807) is 13.0 Å². The van der Waals surface area contributed by atoms with Crippen molar-refractivity contribution in [1.82, 2.24) is 9.62 Å². The maximum absolute atomic E-state index is 12.1. The molecule has 1 aromatic carbocycles. The Morgan fingerprint density at radius 2 is 2.05 bits per heavy atom. The smallest absolute Gasteiger partial charge is 0.255 e. The first kappa shape index (κ1) is 16.7. The van der Waals surface area contributed by atoms with Crippen LogP contribution in [0.3, 0.4) is 0 Å². The molecule has 0 spiro atoms. The number of carbonyl (C=O) groups is 1. The van der Waals surface area contributed by atoms with Crippen LogP contribution in [0.2, 0.25) is 0 Å². The van der Waals surface area contributed by atoms with Gasteiger partial charge in [0.1, 0.15) is 5.75 Å². The van der Waals surface area contributed by atoms with Crippen LogP contribution in [0, 0.1) is 6.92 Å². The van der Waals surface area contributed by atoms with Crippen LogP contribution in [-0.4, -0.2) is 62.3 Å². The van der Waals surface area contributed by atoms with Crippen LogP contribution < -0.4 is 5.32 Å². The fourth-order valence-electron chi connectivity index (χ4n) is 2.18. The van der Waals surface area contributed by atoms with Crippen LogP contribution in [0.5, 0.6) is 5.75 Å². The monoisotopic (exact) mass is 328 g/mol. The molecule has 122 valence electrons. The summed E-state index contributed by atoms with van der Waals surface area (Å²) in [5.74, 6) is -0.783. The minimum atomic E-state index is -3.40. The van der Waals surface area contributed by atoms with E-state index in [0.29, 0.717) is 26.3 Å². The number of rotatable bonds is 5. The highest BCUT2D eigenvalue weighted by Crippen LogP contribution is 2.18. The zero-order valence-electron chi connectivity index (χ0n) is 12.4. The Hall–Kier alpha value is -1.64. The van der Waals surface area contributed by atoms with Gasteiger partial charge in [-0.15, -0.1) is 0 Å². The van der Waals surface area contributed by atoms with E-state index in [9.17, 15) is 18.3 Å². The number of benzene rings is 1. The molecule has 0 bridgehead atoms. The highest BCUT2D eigenvalue weighted by molar-refractivity contribution is 7.89. The van der Waals surface area contributed by atoms with Crippen LogP contribution in [0.1, 0.15) is 15.9 Å². The van der Waals surface area contributed by atoms with Gasteiger partial charge in [-0.05, 0) is 24.6 Å². The summed E-state index contributed by atoms with van der Waals surface area (Å²) in [5, 5.41) is 12.2. The SMILES string of the molecule is Cc1ccc(C(=O)NCCS(=O)(=O)N2CCOCC2)c(O)c1. The van der Waals surface area contributed by atoms with Gasteiger partial charge in [0.2, 0.25) is 10.0 Å². The summed E-state index contributed by atoms with van der Waals surface area (Å²) in [7, 11) is -3.40. The number of aryl methyl sites for hydroxylation is 1. The number of aromatic hydroxyl groups is 1. The molecule has 2 N–H and O–H groups in total. The third-order valence-electron chi connectivity index (χ3n) is 3.41. The molecule has 0 unspecified atom stereocenters. The summed E-state index contributed by atoms with van der Waals surface area (Å²) >= 11 is 0. The zero-order chi connectivity index (χ0) is 16.2. The van der Waals surface area contributed by atoms with Crippen LogP contribution >= 0.6 is 0 Å². The fourth-order valence-corrected chi connectivity index (χ4v) is 3.50. The van der Waals surface area contributed by atoms with E-state index >= 15 is 0 Å². The summed E-state index contributed by atoms with van der Waals surface area (Å²) in [6.07, 6.45) is 0. The van der Waals surface area contributed by atoms with Crippen LogP contribution in [0.15, 0.2) is 18.2 Å². The number of phenols is 1. The first-order valence-electron chi connectivity index (χ1n) is 7.03. The molecule has 0 radical (unpaired) electrons. The molecule has 0 atom stereocenters. The lowest BCUT2D eigenvalue weighted by Gasteiger charge is -2.26. The maximum atomic E-state index is 12.1. The Labute approximate surface area is 129 Å². The Morgan fingerprint density at radius 1 is 1.36 bits per heavy atom. The third-order valence-corrected chi connectivity index (χ3v) is 5.28. The van der Waals surface area contributed by atoms with Gasteiger partial charge in [-0.25, -0.2) is 8.42 Å². The molecule has 1 aromatic rings. The molecule has 1 aliphatic heterocycles.